The van der Waals surface area contributed by atoms with E-state index in [2.05, 4.69) is 114 Å². The third-order valence-electron chi connectivity index (χ3n) is 10.6. The maximum Gasteiger partial charge on any atom is 0.181 e. The zero-order valence-corrected chi connectivity index (χ0v) is 24.2. The lowest BCUT2D eigenvalue weighted by atomic mass is 9.47. The first-order valence-corrected chi connectivity index (χ1v) is 15.8. The molecule has 4 saturated carbocycles. The molecule has 6 aromatic rings. The van der Waals surface area contributed by atoms with Gasteiger partial charge >= 0.3 is 0 Å². The molecule has 0 radical (unpaired) electrons. The van der Waals surface area contributed by atoms with Gasteiger partial charge in [-0.25, -0.2) is 9.97 Å². The van der Waals surface area contributed by atoms with Gasteiger partial charge in [0.05, 0.1) is 11.4 Å². The Morgan fingerprint density at radius 2 is 1.12 bits per heavy atom. The van der Waals surface area contributed by atoms with Gasteiger partial charge in [-0.1, -0.05) is 84.9 Å². The van der Waals surface area contributed by atoms with Crippen molar-refractivity contribution in [2.45, 2.75) is 43.9 Å². The third kappa shape index (κ3) is 4.33. The van der Waals surface area contributed by atoms with Gasteiger partial charge in [-0.15, -0.1) is 0 Å². The number of rotatable bonds is 5. The fourth-order valence-electron chi connectivity index (χ4n) is 9.07. The topological polar surface area (TPSA) is 38.9 Å². The van der Waals surface area contributed by atoms with Crippen molar-refractivity contribution in [1.29, 1.82) is 0 Å². The zero-order valence-electron chi connectivity index (χ0n) is 24.2. The number of pyridine rings is 1. The molecule has 0 atom stereocenters. The van der Waals surface area contributed by atoms with E-state index in [0.717, 1.165) is 51.4 Å². The van der Waals surface area contributed by atoms with Gasteiger partial charge in [0.15, 0.2) is 12.0 Å². The number of aromatic nitrogens is 2. The van der Waals surface area contributed by atoms with E-state index in [9.17, 15) is 0 Å². The first-order valence-electron chi connectivity index (χ1n) is 15.8. The van der Waals surface area contributed by atoms with E-state index in [1.165, 1.54) is 66.3 Å². The molecule has 43 heavy (non-hydrogen) atoms. The summed E-state index contributed by atoms with van der Waals surface area (Å²) in [7, 11) is 0. The molecule has 0 amide bonds. The molecule has 210 valence electrons. The molecule has 2 aromatic heterocycles. The largest absolute Gasteiger partial charge is 0.443 e. The lowest BCUT2D eigenvalue weighted by molar-refractivity contribution is -0.00487. The highest BCUT2D eigenvalue weighted by Gasteiger charge is 2.52. The number of hydrogen-bond acceptors (Lipinski definition) is 3. The van der Waals surface area contributed by atoms with Gasteiger partial charge in [0.1, 0.15) is 5.52 Å². The van der Waals surface area contributed by atoms with Gasteiger partial charge in [-0.2, -0.15) is 0 Å². The van der Waals surface area contributed by atoms with E-state index in [1.807, 2.05) is 0 Å². The molecule has 0 spiro atoms. The molecule has 3 heteroatoms. The summed E-state index contributed by atoms with van der Waals surface area (Å²) in [6.07, 6.45) is 9.91. The van der Waals surface area contributed by atoms with Crippen LogP contribution >= 0.6 is 0 Å². The monoisotopic (exact) mass is 558 g/mol. The Morgan fingerprint density at radius 1 is 0.558 bits per heavy atom. The van der Waals surface area contributed by atoms with Crippen LogP contribution in [0.3, 0.4) is 0 Å². The van der Waals surface area contributed by atoms with E-state index >= 15 is 0 Å². The lowest BCUT2D eigenvalue weighted by Gasteiger charge is -2.57. The second kappa shape index (κ2) is 9.77. The number of fused-ring (bicyclic) bond motifs is 1. The van der Waals surface area contributed by atoms with Gasteiger partial charge in [-0.3, -0.25) is 0 Å². The van der Waals surface area contributed by atoms with Crippen LogP contribution in [0.2, 0.25) is 0 Å². The van der Waals surface area contributed by atoms with Crippen LogP contribution in [0.5, 0.6) is 0 Å². The fraction of sp³-hybridized carbons (Fsp3) is 0.250. The van der Waals surface area contributed by atoms with Crippen molar-refractivity contribution >= 4 is 11.1 Å². The minimum atomic E-state index is 0.274. The average Bonchev–Trinajstić information content (AvgIpc) is 3.52. The molecule has 4 aliphatic rings. The predicted molar refractivity (Wildman–Crippen MR) is 173 cm³/mol. The Balaban J connectivity index is 1.15. The predicted octanol–water partition coefficient (Wildman–Crippen LogP) is 10.4. The molecule has 4 aromatic carbocycles. The standard InChI is InChI=1S/C40H34N2O/c1-3-7-31(8-4-1)36-18-33(19-37(42-36)32-9-5-2-6-10-32)29-11-13-30(14-12-29)34-20-39-38(41-25-43-39)21-35(34)40-22-26-15-27(23-40)17-28(16-26)24-40/h1-14,18-21,25-28H,15-17,22-24H2. The summed E-state index contributed by atoms with van der Waals surface area (Å²) in [6, 6.07) is 39.2. The minimum absolute atomic E-state index is 0.274. The first kappa shape index (κ1) is 25.0. The lowest BCUT2D eigenvalue weighted by Crippen LogP contribution is -2.48. The van der Waals surface area contributed by atoms with E-state index in [1.54, 1.807) is 6.39 Å². The van der Waals surface area contributed by atoms with E-state index in [4.69, 9.17) is 9.40 Å². The van der Waals surface area contributed by atoms with E-state index in [0.29, 0.717) is 0 Å². The fourth-order valence-corrected chi connectivity index (χ4v) is 9.07. The quantitative estimate of drug-likeness (QED) is 0.211. The molecule has 4 aliphatic carbocycles. The molecule has 0 unspecified atom stereocenters. The summed E-state index contributed by atoms with van der Waals surface area (Å²) in [4.78, 5) is 9.66. The van der Waals surface area contributed by atoms with Gasteiger partial charge in [0, 0.05) is 11.1 Å². The average molecular weight is 559 g/mol. The van der Waals surface area contributed by atoms with Crippen molar-refractivity contribution in [3.8, 4) is 44.8 Å². The third-order valence-corrected chi connectivity index (χ3v) is 10.6. The van der Waals surface area contributed by atoms with Crippen molar-refractivity contribution in [2.24, 2.45) is 17.8 Å². The van der Waals surface area contributed by atoms with Crippen LogP contribution in [-0.2, 0) is 5.41 Å². The molecule has 4 bridgehead atoms. The Hall–Kier alpha value is -4.50. The summed E-state index contributed by atoms with van der Waals surface area (Å²) in [5.74, 6) is 2.66. The Labute approximate surface area is 252 Å². The highest BCUT2D eigenvalue weighted by Crippen LogP contribution is 2.62. The van der Waals surface area contributed by atoms with Crippen LogP contribution in [0.1, 0.15) is 44.1 Å². The Bertz CT molecular complexity index is 1850. The minimum Gasteiger partial charge on any atom is -0.443 e. The molecule has 10 rings (SSSR count). The van der Waals surface area contributed by atoms with Crippen molar-refractivity contribution in [1.82, 2.24) is 9.97 Å². The molecule has 0 aliphatic heterocycles. The number of hydrogen-bond donors (Lipinski definition) is 0. The summed E-state index contributed by atoms with van der Waals surface area (Å²) < 4.78 is 5.84. The van der Waals surface area contributed by atoms with Crippen LogP contribution in [0, 0.1) is 17.8 Å². The molecule has 3 nitrogen and oxygen atoms in total. The summed E-state index contributed by atoms with van der Waals surface area (Å²) >= 11 is 0. The van der Waals surface area contributed by atoms with Crippen LogP contribution < -0.4 is 0 Å². The van der Waals surface area contributed by atoms with Crippen LogP contribution in [0.15, 0.2) is 120 Å². The second-order valence-corrected chi connectivity index (χ2v) is 13.4. The van der Waals surface area contributed by atoms with Crippen molar-refractivity contribution in [3.05, 3.63) is 121 Å². The van der Waals surface area contributed by atoms with Gasteiger partial charge in [-0.05, 0) is 114 Å². The molecule has 0 saturated heterocycles. The molecular formula is C40H34N2O. The molecule has 2 heterocycles. The van der Waals surface area contributed by atoms with Crippen LogP contribution in [-0.4, -0.2) is 9.97 Å². The maximum absolute atomic E-state index is 5.84. The first-order chi connectivity index (χ1) is 21.2. The number of benzene rings is 4. The van der Waals surface area contributed by atoms with Crippen LogP contribution in [0.25, 0.3) is 55.9 Å². The second-order valence-electron chi connectivity index (χ2n) is 13.4. The van der Waals surface area contributed by atoms with Crippen molar-refractivity contribution in [3.63, 3.8) is 0 Å². The summed E-state index contributed by atoms with van der Waals surface area (Å²) in [5.41, 5.74) is 12.8. The van der Waals surface area contributed by atoms with Crippen molar-refractivity contribution < 1.29 is 4.42 Å². The molecule has 0 N–H and O–H groups in total. The van der Waals surface area contributed by atoms with E-state index < -0.39 is 0 Å². The smallest absolute Gasteiger partial charge is 0.181 e. The normalized spacial score (nSPS) is 24.0. The number of oxazole rings is 1. The molecule has 4 fully saturated rings. The van der Waals surface area contributed by atoms with Gasteiger partial charge in [0.2, 0.25) is 0 Å². The maximum atomic E-state index is 5.84. The van der Waals surface area contributed by atoms with Gasteiger partial charge < -0.3 is 4.42 Å². The van der Waals surface area contributed by atoms with Gasteiger partial charge in [0.25, 0.3) is 0 Å². The molecular weight excluding hydrogens is 524 g/mol. The summed E-state index contributed by atoms with van der Waals surface area (Å²) in [6.45, 7) is 0. The van der Waals surface area contributed by atoms with Crippen molar-refractivity contribution in [2.75, 3.05) is 0 Å². The zero-order chi connectivity index (χ0) is 28.4. The Kier molecular flexibility index (Phi) is 5.69. The highest BCUT2D eigenvalue weighted by molar-refractivity contribution is 5.85. The van der Waals surface area contributed by atoms with E-state index in [-0.39, 0.29) is 5.41 Å². The Morgan fingerprint density at radius 3 is 1.70 bits per heavy atom. The van der Waals surface area contributed by atoms with Crippen LogP contribution in [0.4, 0.5) is 0 Å². The number of nitrogens with zero attached hydrogens (tertiary/aromatic N) is 2. The SMILES string of the molecule is c1ccc(-c2cc(-c3ccc(-c4cc5ocnc5cc4C45CC6CC(CC(C6)C4)C5)cc3)cc(-c3ccccc3)n2)cc1. The highest BCUT2D eigenvalue weighted by atomic mass is 16.3. The summed E-state index contributed by atoms with van der Waals surface area (Å²) in [5, 5.41) is 0.